The molecular weight excluding hydrogens is 649 g/mol. The average molecular weight is 679 g/mol. The van der Waals surface area contributed by atoms with E-state index in [0.29, 0.717) is 11.7 Å². The molecule has 0 amide bonds. The Labute approximate surface area is 305 Å². The Morgan fingerprint density at radius 2 is 0.887 bits per heavy atom. The van der Waals surface area contributed by atoms with Crippen molar-refractivity contribution < 1.29 is 4.42 Å². The summed E-state index contributed by atoms with van der Waals surface area (Å²) < 4.78 is 6.27. The van der Waals surface area contributed by atoms with Crippen molar-refractivity contribution in [2.24, 2.45) is 0 Å². The second-order valence-electron chi connectivity index (χ2n) is 13.0. The average Bonchev–Trinajstić information content (AvgIpc) is 3.69. The maximum absolute atomic E-state index is 6.27. The molecule has 0 saturated carbocycles. The van der Waals surface area contributed by atoms with Crippen LogP contribution in [-0.4, -0.2) is 19.9 Å². The van der Waals surface area contributed by atoms with E-state index in [1.165, 1.54) is 0 Å². The first-order valence-corrected chi connectivity index (χ1v) is 17.6. The van der Waals surface area contributed by atoms with E-state index in [0.717, 1.165) is 88.8 Å². The molecule has 0 unspecified atom stereocenters. The van der Waals surface area contributed by atoms with Gasteiger partial charge in [0, 0.05) is 44.0 Å². The number of pyridine rings is 1. The van der Waals surface area contributed by atoms with Gasteiger partial charge in [0.25, 0.3) is 0 Å². The smallest absolute Gasteiger partial charge is 0.227 e. The van der Waals surface area contributed by atoms with Crippen molar-refractivity contribution in [3.63, 3.8) is 0 Å². The first kappa shape index (κ1) is 30.6. The Morgan fingerprint density at radius 3 is 1.55 bits per heavy atom. The van der Waals surface area contributed by atoms with Crippen molar-refractivity contribution in [2.45, 2.75) is 0 Å². The second-order valence-corrected chi connectivity index (χ2v) is 13.0. The molecule has 248 valence electrons. The van der Waals surface area contributed by atoms with Crippen molar-refractivity contribution in [3.8, 4) is 67.7 Å². The molecule has 3 aromatic heterocycles. The second kappa shape index (κ2) is 12.8. The van der Waals surface area contributed by atoms with E-state index in [1.807, 2.05) is 91.0 Å². The summed E-state index contributed by atoms with van der Waals surface area (Å²) in [6.45, 7) is 0. The molecular formula is C48H30N4O. The molecule has 0 saturated heterocycles. The predicted octanol–water partition coefficient (Wildman–Crippen LogP) is 12.3. The highest BCUT2D eigenvalue weighted by molar-refractivity contribution is 6.20. The van der Waals surface area contributed by atoms with Crippen LogP contribution in [0.15, 0.2) is 186 Å². The third-order valence-electron chi connectivity index (χ3n) is 9.74. The third-order valence-corrected chi connectivity index (χ3v) is 9.74. The fourth-order valence-electron chi connectivity index (χ4n) is 7.07. The van der Waals surface area contributed by atoms with Gasteiger partial charge in [-0.1, -0.05) is 146 Å². The van der Waals surface area contributed by atoms with Crippen molar-refractivity contribution in [1.29, 1.82) is 0 Å². The first-order chi connectivity index (χ1) is 26.2. The van der Waals surface area contributed by atoms with Gasteiger partial charge in [-0.05, 0) is 47.5 Å². The Morgan fingerprint density at radius 1 is 0.358 bits per heavy atom. The van der Waals surface area contributed by atoms with E-state index in [9.17, 15) is 0 Å². The van der Waals surface area contributed by atoms with Crippen molar-refractivity contribution in [2.75, 3.05) is 0 Å². The van der Waals surface area contributed by atoms with Crippen LogP contribution in [-0.2, 0) is 0 Å². The Kier molecular flexibility index (Phi) is 7.40. The Balaban J connectivity index is 1.01. The highest BCUT2D eigenvalue weighted by Crippen LogP contribution is 2.39. The molecule has 5 nitrogen and oxygen atoms in total. The number of para-hydroxylation sites is 1. The van der Waals surface area contributed by atoms with E-state index in [4.69, 9.17) is 24.4 Å². The lowest BCUT2D eigenvalue weighted by atomic mass is 9.97. The van der Waals surface area contributed by atoms with Crippen LogP contribution in [0.25, 0.3) is 101 Å². The summed E-state index contributed by atoms with van der Waals surface area (Å²) in [6, 6.07) is 62.1. The number of fused-ring (bicyclic) bond motifs is 5. The number of hydrogen-bond acceptors (Lipinski definition) is 5. The summed E-state index contributed by atoms with van der Waals surface area (Å²) in [6.07, 6.45) is 0. The number of aromatic nitrogens is 4. The molecule has 5 heteroatoms. The number of oxazole rings is 1. The normalized spacial score (nSPS) is 11.4. The molecule has 0 radical (unpaired) electrons. The lowest BCUT2D eigenvalue weighted by molar-refractivity contribution is 0.620. The van der Waals surface area contributed by atoms with Crippen LogP contribution in [0.3, 0.4) is 0 Å². The summed E-state index contributed by atoms with van der Waals surface area (Å²) in [4.78, 5) is 20.1. The maximum atomic E-state index is 6.27. The van der Waals surface area contributed by atoms with Crippen molar-refractivity contribution in [3.05, 3.63) is 182 Å². The van der Waals surface area contributed by atoms with Crippen LogP contribution in [0, 0.1) is 0 Å². The fourth-order valence-corrected chi connectivity index (χ4v) is 7.07. The van der Waals surface area contributed by atoms with Gasteiger partial charge in [-0.15, -0.1) is 0 Å². The van der Waals surface area contributed by atoms with Gasteiger partial charge in [0.2, 0.25) is 5.89 Å². The van der Waals surface area contributed by atoms with Crippen molar-refractivity contribution >= 4 is 32.8 Å². The molecule has 0 bridgehead atoms. The molecule has 0 N–H and O–H groups in total. The van der Waals surface area contributed by atoms with Gasteiger partial charge in [0.05, 0.1) is 22.6 Å². The molecule has 10 aromatic rings. The standard InChI is InChI=1S/C48H30N4O/c1-4-12-33(13-5-1)41-30-42(51-47(50-41)36-14-6-2-7-15-36)34-24-20-31(21-25-34)32-22-26-35(27-23-32)45-39-28-29-43-46(44(39)38-18-10-11-19-40(38)49-45)52-48(53-43)37-16-8-3-9-17-37/h1-30H. The largest absolute Gasteiger partial charge is 0.436 e. The molecule has 0 fully saturated rings. The first-order valence-electron chi connectivity index (χ1n) is 17.6. The third kappa shape index (κ3) is 5.61. The van der Waals surface area contributed by atoms with Gasteiger partial charge in [-0.3, -0.25) is 0 Å². The van der Waals surface area contributed by atoms with Crippen LogP contribution >= 0.6 is 0 Å². The van der Waals surface area contributed by atoms with Crippen LogP contribution in [0.1, 0.15) is 0 Å². The summed E-state index contributed by atoms with van der Waals surface area (Å²) >= 11 is 0. The maximum Gasteiger partial charge on any atom is 0.227 e. The molecule has 7 aromatic carbocycles. The summed E-state index contributed by atoms with van der Waals surface area (Å²) in [5, 5.41) is 3.14. The quantitative estimate of drug-likeness (QED) is 0.164. The minimum atomic E-state index is 0.610. The topological polar surface area (TPSA) is 64.7 Å². The highest BCUT2D eigenvalue weighted by Gasteiger charge is 2.18. The highest BCUT2D eigenvalue weighted by atomic mass is 16.3. The van der Waals surface area contributed by atoms with Gasteiger partial charge in [0.1, 0.15) is 5.52 Å². The van der Waals surface area contributed by atoms with E-state index >= 15 is 0 Å². The lowest BCUT2D eigenvalue weighted by Gasteiger charge is -2.12. The van der Waals surface area contributed by atoms with Crippen LogP contribution in [0.2, 0.25) is 0 Å². The lowest BCUT2D eigenvalue weighted by Crippen LogP contribution is -1.95. The summed E-state index contributed by atoms with van der Waals surface area (Å²) in [7, 11) is 0. The molecule has 0 aliphatic rings. The zero-order chi connectivity index (χ0) is 35.1. The molecule has 0 aliphatic carbocycles. The minimum Gasteiger partial charge on any atom is -0.436 e. The summed E-state index contributed by atoms with van der Waals surface area (Å²) in [5.74, 6) is 1.32. The van der Waals surface area contributed by atoms with E-state index in [-0.39, 0.29) is 0 Å². The molecule has 53 heavy (non-hydrogen) atoms. The van der Waals surface area contributed by atoms with Crippen LogP contribution in [0.5, 0.6) is 0 Å². The monoisotopic (exact) mass is 678 g/mol. The number of rotatable bonds is 6. The molecule has 0 atom stereocenters. The summed E-state index contributed by atoms with van der Waals surface area (Å²) in [5.41, 5.74) is 12.5. The van der Waals surface area contributed by atoms with Gasteiger partial charge in [-0.25, -0.2) is 19.9 Å². The Hall–Kier alpha value is -7.24. The Bertz CT molecular complexity index is 2850. The SMILES string of the molecule is c1ccc(-c2cc(-c3ccc(-c4ccc(-c5nc6ccccc6c6c5ccc5oc(-c7ccccc7)nc56)cc4)cc3)nc(-c3ccccc3)n2)cc1. The van der Waals surface area contributed by atoms with Crippen LogP contribution in [0.4, 0.5) is 0 Å². The number of nitrogens with zero attached hydrogens (tertiary/aromatic N) is 4. The molecule has 0 spiro atoms. The number of benzene rings is 7. The molecule has 10 rings (SSSR count). The van der Waals surface area contributed by atoms with E-state index in [1.54, 1.807) is 0 Å². The van der Waals surface area contributed by atoms with Gasteiger partial charge in [-0.2, -0.15) is 0 Å². The van der Waals surface area contributed by atoms with E-state index in [2.05, 4.69) is 91.0 Å². The molecule has 3 heterocycles. The molecule has 0 aliphatic heterocycles. The van der Waals surface area contributed by atoms with Crippen LogP contribution < -0.4 is 0 Å². The number of hydrogen-bond donors (Lipinski definition) is 0. The zero-order valence-corrected chi connectivity index (χ0v) is 28.5. The predicted molar refractivity (Wildman–Crippen MR) is 215 cm³/mol. The van der Waals surface area contributed by atoms with Crippen molar-refractivity contribution in [1.82, 2.24) is 19.9 Å². The zero-order valence-electron chi connectivity index (χ0n) is 28.5. The van der Waals surface area contributed by atoms with Gasteiger partial charge in [0.15, 0.2) is 11.4 Å². The van der Waals surface area contributed by atoms with Gasteiger partial charge >= 0.3 is 0 Å². The van der Waals surface area contributed by atoms with Gasteiger partial charge < -0.3 is 4.42 Å². The van der Waals surface area contributed by atoms with E-state index < -0.39 is 0 Å². The fraction of sp³-hybridized carbons (Fsp3) is 0. The minimum absolute atomic E-state index is 0.610.